The number of fused-ring (bicyclic) bond motifs is 3. The van der Waals surface area contributed by atoms with Crippen molar-refractivity contribution in [1.29, 1.82) is 0 Å². The zero-order chi connectivity index (χ0) is 25.2. The minimum absolute atomic E-state index is 0.0160. The lowest BCUT2D eigenvalue weighted by molar-refractivity contribution is -0.150. The Hall–Kier alpha value is -3.29. The van der Waals surface area contributed by atoms with E-state index in [9.17, 15) is 4.79 Å². The van der Waals surface area contributed by atoms with Crippen LogP contribution in [0.2, 0.25) is 0 Å². The van der Waals surface area contributed by atoms with Crippen LogP contribution in [0.25, 0.3) is 11.1 Å². The summed E-state index contributed by atoms with van der Waals surface area (Å²) in [7, 11) is 9.42. The highest BCUT2D eigenvalue weighted by atomic mass is 16.5. The van der Waals surface area contributed by atoms with E-state index in [4.69, 9.17) is 33.2 Å². The lowest BCUT2D eigenvalue weighted by Gasteiger charge is -2.35. The molecule has 0 saturated heterocycles. The molecule has 0 bridgehead atoms. The summed E-state index contributed by atoms with van der Waals surface area (Å²) < 4.78 is 40.4. The Kier molecular flexibility index (Phi) is 7.69. The van der Waals surface area contributed by atoms with E-state index in [0.717, 1.165) is 16.7 Å². The van der Waals surface area contributed by atoms with E-state index in [1.807, 2.05) is 12.1 Å². The van der Waals surface area contributed by atoms with E-state index in [1.165, 1.54) is 6.92 Å². The Labute approximate surface area is 201 Å². The van der Waals surface area contributed by atoms with Gasteiger partial charge in [0.15, 0.2) is 23.0 Å². The molecule has 0 radical (unpaired) electrons. The SMILES string of the molecule is COc1cc2c(c(OC)c1OC)-c1c(cc(OC)c(OC)c1OC)[C@H](OC(C)=O)[C@@H](C)[C@@H](C)C2. The van der Waals surface area contributed by atoms with Crippen LogP contribution in [0.5, 0.6) is 34.5 Å². The summed E-state index contributed by atoms with van der Waals surface area (Å²) in [5, 5.41) is 0. The number of benzene rings is 2. The van der Waals surface area contributed by atoms with Crippen LogP contribution >= 0.6 is 0 Å². The molecule has 0 spiro atoms. The maximum Gasteiger partial charge on any atom is 0.303 e. The molecule has 1 aliphatic rings. The van der Waals surface area contributed by atoms with Crippen molar-refractivity contribution in [2.75, 3.05) is 42.7 Å². The molecule has 8 heteroatoms. The summed E-state index contributed by atoms with van der Waals surface area (Å²) in [6.07, 6.45) is 0.129. The fourth-order valence-corrected chi connectivity index (χ4v) is 4.76. The van der Waals surface area contributed by atoms with Crippen molar-refractivity contribution in [3.63, 3.8) is 0 Å². The molecule has 0 unspecified atom stereocenters. The highest BCUT2D eigenvalue weighted by Gasteiger charge is 2.38. The molecule has 8 nitrogen and oxygen atoms in total. The molecular weight excluding hydrogens is 440 g/mol. The van der Waals surface area contributed by atoms with Crippen molar-refractivity contribution >= 4 is 5.97 Å². The summed E-state index contributed by atoms with van der Waals surface area (Å²) in [6.45, 7) is 5.63. The Morgan fingerprint density at radius 2 is 1.24 bits per heavy atom. The predicted octanol–water partition coefficient (Wildman–Crippen LogP) is 4.84. The molecule has 0 saturated carbocycles. The first-order chi connectivity index (χ1) is 16.3. The monoisotopic (exact) mass is 474 g/mol. The van der Waals surface area contributed by atoms with Crippen LogP contribution in [0.3, 0.4) is 0 Å². The average molecular weight is 475 g/mol. The zero-order valence-electron chi connectivity index (χ0n) is 21.4. The summed E-state index contributed by atoms with van der Waals surface area (Å²) in [4.78, 5) is 12.2. The van der Waals surface area contributed by atoms with Gasteiger partial charge in [-0.3, -0.25) is 4.79 Å². The van der Waals surface area contributed by atoms with Crippen LogP contribution in [0, 0.1) is 11.8 Å². The van der Waals surface area contributed by atoms with Crippen molar-refractivity contribution in [2.24, 2.45) is 11.8 Å². The van der Waals surface area contributed by atoms with Gasteiger partial charge < -0.3 is 33.2 Å². The van der Waals surface area contributed by atoms with Crippen LogP contribution in [0.4, 0.5) is 0 Å². The molecule has 0 heterocycles. The number of hydrogen-bond donors (Lipinski definition) is 0. The van der Waals surface area contributed by atoms with E-state index in [2.05, 4.69) is 13.8 Å². The third-order valence-corrected chi connectivity index (χ3v) is 6.54. The summed E-state index contributed by atoms with van der Waals surface area (Å²) in [5.74, 6) is 2.62. The Balaban J connectivity index is 2.58. The maximum absolute atomic E-state index is 12.2. The fraction of sp³-hybridized carbons (Fsp3) is 0.500. The number of carbonyl (C=O) groups excluding carboxylic acids is 1. The zero-order valence-corrected chi connectivity index (χ0v) is 21.4. The molecule has 0 fully saturated rings. The number of methoxy groups -OCH3 is 6. The maximum atomic E-state index is 12.2. The van der Waals surface area contributed by atoms with E-state index in [-0.39, 0.29) is 17.8 Å². The molecule has 2 aromatic rings. The van der Waals surface area contributed by atoms with Crippen molar-refractivity contribution in [1.82, 2.24) is 0 Å². The van der Waals surface area contributed by atoms with Gasteiger partial charge in [0.05, 0.1) is 42.7 Å². The third kappa shape index (κ3) is 4.17. The predicted molar refractivity (Wildman–Crippen MR) is 128 cm³/mol. The fourth-order valence-electron chi connectivity index (χ4n) is 4.76. The van der Waals surface area contributed by atoms with Crippen molar-refractivity contribution in [2.45, 2.75) is 33.3 Å². The third-order valence-electron chi connectivity index (χ3n) is 6.54. The van der Waals surface area contributed by atoms with Crippen molar-refractivity contribution in [3.05, 3.63) is 23.3 Å². The lowest BCUT2D eigenvalue weighted by Crippen LogP contribution is -2.26. The van der Waals surface area contributed by atoms with Crippen LogP contribution in [-0.2, 0) is 16.0 Å². The quantitative estimate of drug-likeness (QED) is 0.528. The molecular formula is C26H34O8. The van der Waals surface area contributed by atoms with Gasteiger partial charge in [-0.25, -0.2) is 0 Å². The summed E-state index contributed by atoms with van der Waals surface area (Å²) in [5.41, 5.74) is 3.18. The van der Waals surface area contributed by atoms with Gasteiger partial charge in [0.2, 0.25) is 11.5 Å². The average Bonchev–Trinajstić information content (AvgIpc) is 2.83. The lowest BCUT2D eigenvalue weighted by atomic mass is 9.75. The van der Waals surface area contributed by atoms with E-state index < -0.39 is 6.10 Å². The smallest absolute Gasteiger partial charge is 0.303 e. The minimum atomic E-state index is -0.554. The summed E-state index contributed by atoms with van der Waals surface area (Å²) >= 11 is 0. The van der Waals surface area contributed by atoms with Crippen LogP contribution in [-0.4, -0.2) is 48.6 Å². The molecule has 0 aliphatic heterocycles. The molecule has 186 valence electrons. The highest BCUT2D eigenvalue weighted by molar-refractivity contribution is 5.89. The molecule has 1 aliphatic carbocycles. The molecule has 3 atom stereocenters. The number of ether oxygens (including phenoxy) is 7. The van der Waals surface area contributed by atoms with Gasteiger partial charge >= 0.3 is 5.97 Å². The van der Waals surface area contributed by atoms with Gasteiger partial charge in [-0.05, 0) is 30.0 Å². The van der Waals surface area contributed by atoms with Crippen molar-refractivity contribution in [3.8, 4) is 45.6 Å². The van der Waals surface area contributed by atoms with Crippen LogP contribution in [0.1, 0.15) is 38.0 Å². The molecule has 34 heavy (non-hydrogen) atoms. The van der Waals surface area contributed by atoms with Crippen LogP contribution in [0.15, 0.2) is 12.1 Å². The molecule has 3 rings (SSSR count). The summed E-state index contributed by atoms with van der Waals surface area (Å²) in [6, 6.07) is 3.81. The largest absolute Gasteiger partial charge is 0.493 e. The molecule has 0 aromatic heterocycles. The number of rotatable bonds is 7. The van der Waals surface area contributed by atoms with Crippen LogP contribution < -0.4 is 28.4 Å². The van der Waals surface area contributed by atoms with Crippen molar-refractivity contribution < 1.29 is 38.0 Å². The molecule has 0 amide bonds. The first kappa shape index (κ1) is 25.3. The minimum Gasteiger partial charge on any atom is -0.493 e. The number of carbonyl (C=O) groups is 1. The normalized spacial score (nSPS) is 19.0. The standard InChI is InChI=1S/C26H34O8/c1-13-10-16-11-18(28-4)23(30-6)25(32-8)20(16)21-17(22(14(13)2)34-15(3)27)12-19(29-5)24(31-7)26(21)33-9/h11-14,22H,10H2,1-9H3/t13-,14-,22+/m0/s1. The van der Waals surface area contributed by atoms with E-state index >= 15 is 0 Å². The van der Waals surface area contributed by atoms with Gasteiger partial charge in [0.25, 0.3) is 0 Å². The second-order valence-corrected chi connectivity index (χ2v) is 8.36. The van der Waals surface area contributed by atoms with E-state index in [0.29, 0.717) is 46.5 Å². The first-order valence-electron chi connectivity index (χ1n) is 11.1. The Bertz CT molecular complexity index is 1060. The Morgan fingerprint density at radius 1 is 0.735 bits per heavy atom. The first-order valence-corrected chi connectivity index (χ1v) is 11.1. The number of hydrogen-bond acceptors (Lipinski definition) is 8. The number of esters is 1. The van der Waals surface area contributed by atoms with Gasteiger partial charge in [-0.2, -0.15) is 0 Å². The topological polar surface area (TPSA) is 81.7 Å². The second-order valence-electron chi connectivity index (χ2n) is 8.36. The molecule has 2 aromatic carbocycles. The Morgan fingerprint density at radius 3 is 1.71 bits per heavy atom. The van der Waals surface area contributed by atoms with E-state index in [1.54, 1.807) is 42.7 Å². The van der Waals surface area contributed by atoms with Gasteiger partial charge in [-0.1, -0.05) is 13.8 Å². The van der Waals surface area contributed by atoms with Gasteiger partial charge in [-0.15, -0.1) is 0 Å². The van der Waals surface area contributed by atoms with Gasteiger partial charge in [0, 0.05) is 29.5 Å². The second kappa shape index (κ2) is 10.3. The van der Waals surface area contributed by atoms with Gasteiger partial charge in [0.1, 0.15) is 6.10 Å². The molecule has 0 N–H and O–H groups in total. The highest BCUT2D eigenvalue weighted by Crippen LogP contribution is 2.57.